The van der Waals surface area contributed by atoms with E-state index in [1.54, 1.807) is 7.11 Å². The van der Waals surface area contributed by atoms with E-state index in [9.17, 15) is 4.79 Å². The number of benzene rings is 1. The summed E-state index contributed by atoms with van der Waals surface area (Å²) in [5.41, 5.74) is 2.47. The number of Topliss-reactive ketones (excluding diaryl/α,β-unsaturated/α-hetero) is 1. The Kier molecular flexibility index (Phi) is 6.94. The fraction of sp³-hybridized carbons (Fsp3) is 0.333. The zero-order chi connectivity index (χ0) is 16.5. The van der Waals surface area contributed by atoms with Crippen LogP contribution in [0.5, 0.6) is 5.75 Å². The van der Waals surface area contributed by atoms with E-state index in [-0.39, 0.29) is 5.78 Å². The summed E-state index contributed by atoms with van der Waals surface area (Å²) >= 11 is 1.91. The van der Waals surface area contributed by atoms with Gasteiger partial charge >= 0.3 is 0 Å². The Morgan fingerprint density at radius 2 is 2.09 bits per heavy atom. The lowest BCUT2D eigenvalue weighted by Gasteiger charge is -2.05. The highest BCUT2D eigenvalue weighted by Crippen LogP contribution is 2.18. The SMILES string of the molecule is C=C(CCCCSCc1ccc(OC)cc1)C(=O)c1cnc[nH]1. The van der Waals surface area contributed by atoms with Gasteiger partial charge in [-0.1, -0.05) is 18.7 Å². The van der Waals surface area contributed by atoms with E-state index in [0.717, 1.165) is 36.5 Å². The number of carbonyl (C=O) groups is 1. The molecule has 0 aliphatic heterocycles. The number of ketones is 1. The van der Waals surface area contributed by atoms with Crippen molar-refractivity contribution >= 4 is 17.5 Å². The highest BCUT2D eigenvalue weighted by Gasteiger charge is 2.10. The maximum absolute atomic E-state index is 12.0. The summed E-state index contributed by atoms with van der Waals surface area (Å²) in [6, 6.07) is 8.16. The molecule has 0 atom stereocenters. The Hall–Kier alpha value is -2.01. The lowest BCUT2D eigenvalue weighted by atomic mass is 10.1. The number of thioether (sulfide) groups is 1. The molecule has 1 aromatic heterocycles. The number of aromatic nitrogens is 2. The number of H-pyrrole nitrogens is 1. The largest absolute Gasteiger partial charge is 0.497 e. The van der Waals surface area contributed by atoms with Crippen LogP contribution in [0.1, 0.15) is 35.3 Å². The smallest absolute Gasteiger partial charge is 0.206 e. The first-order valence-electron chi connectivity index (χ1n) is 7.62. The Morgan fingerprint density at radius 3 is 2.74 bits per heavy atom. The minimum atomic E-state index is -0.0339. The van der Waals surface area contributed by atoms with Crippen LogP contribution in [0, 0.1) is 0 Å². The minimum absolute atomic E-state index is 0.0339. The Morgan fingerprint density at radius 1 is 1.30 bits per heavy atom. The van der Waals surface area contributed by atoms with Crippen molar-refractivity contribution in [3.05, 3.63) is 60.2 Å². The number of unbranched alkanes of at least 4 members (excludes halogenated alkanes) is 1. The van der Waals surface area contributed by atoms with E-state index in [4.69, 9.17) is 4.74 Å². The van der Waals surface area contributed by atoms with Crippen LogP contribution < -0.4 is 4.74 Å². The third kappa shape index (κ3) is 5.60. The van der Waals surface area contributed by atoms with Gasteiger partial charge in [0.25, 0.3) is 0 Å². The molecule has 1 heterocycles. The van der Waals surface area contributed by atoms with Gasteiger partial charge in [0.1, 0.15) is 11.4 Å². The number of hydrogen-bond donors (Lipinski definition) is 1. The quantitative estimate of drug-likeness (QED) is 0.402. The van der Waals surface area contributed by atoms with E-state index < -0.39 is 0 Å². The Labute approximate surface area is 141 Å². The lowest BCUT2D eigenvalue weighted by molar-refractivity contribution is 0.102. The average Bonchev–Trinajstić information content (AvgIpc) is 3.12. The molecule has 5 heteroatoms. The first-order chi connectivity index (χ1) is 11.2. The molecular weight excluding hydrogens is 308 g/mol. The van der Waals surface area contributed by atoms with E-state index in [1.165, 1.54) is 18.1 Å². The molecule has 2 aromatic rings. The molecule has 0 aliphatic carbocycles. The third-order valence-corrected chi connectivity index (χ3v) is 4.62. The number of aromatic amines is 1. The molecule has 1 aromatic carbocycles. The number of ether oxygens (including phenoxy) is 1. The van der Waals surface area contributed by atoms with Gasteiger partial charge in [0.15, 0.2) is 0 Å². The monoisotopic (exact) mass is 330 g/mol. The topological polar surface area (TPSA) is 55.0 Å². The van der Waals surface area contributed by atoms with E-state index >= 15 is 0 Å². The van der Waals surface area contributed by atoms with Gasteiger partial charge < -0.3 is 9.72 Å². The molecule has 0 saturated carbocycles. The van der Waals surface area contributed by atoms with Gasteiger partial charge in [-0.15, -0.1) is 0 Å². The van der Waals surface area contributed by atoms with Crippen LogP contribution in [0.25, 0.3) is 0 Å². The highest BCUT2D eigenvalue weighted by molar-refractivity contribution is 7.98. The molecule has 0 bridgehead atoms. The number of methoxy groups -OCH3 is 1. The van der Waals surface area contributed by atoms with Crippen molar-refractivity contribution in [2.75, 3.05) is 12.9 Å². The van der Waals surface area contributed by atoms with Gasteiger partial charge in [-0.25, -0.2) is 4.98 Å². The second kappa shape index (κ2) is 9.20. The summed E-state index contributed by atoms with van der Waals surface area (Å²) in [5, 5.41) is 0. The number of imidazole rings is 1. The predicted molar refractivity (Wildman–Crippen MR) is 95.1 cm³/mol. The van der Waals surface area contributed by atoms with Gasteiger partial charge in [-0.3, -0.25) is 4.79 Å². The van der Waals surface area contributed by atoms with Crippen molar-refractivity contribution < 1.29 is 9.53 Å². The van der Waals surface area contributed by atoms with Crippen molar-refractivity contribution in [2.45, 2.75) is 25.0 Å². The van der Waals surface area contributed by atoms with Crippen LogP contribution in [-0.4, -0.2) is 28.6 Å². The maximum atomic E-state index is 12.0. The summed E-state index contributed by atoms with van der Waals surface area (Å²) in [6.07, 6.45) is 5.85. The van der Waals surface area contributed by atoms with E-state index in [0.29, 0.717) is 11.3 Å². The van der Waals surface area contributed by atoms with Crippen LogP contribution >= 0.6 is 11.8 Å². The second-order valence-electron chi connectivity index (χ2n) is 5.26. The molecule has 0 fully saturated rings. The van der Waals surface area contributed by atoms with Crippen LogP contribution in [-0.2, 0) is 5.75 Å². The third-order valence-electron chi connectivity index (χ3n) is 3.51. The van der Waals surface area contributed by atoms with Crippen LogP contribution in [0.3, 0.4) is 0 Å². The molecule has 4 nitrogen and oxygen atoms in total. The number of carbonyl (C=O) groups excluding carboxylic acids is 1. The molecule has 0 amide bonds. The van der Waals surface area contributed by atoms with Crippen molar-refractivity contribution in [2.24, 2.45) is 0 Å². The first-order valence-corrected chi connectivity index (χ1v) is 8.77. The van der Waals surface area contributed by atoms with Gasteiger partial charge in [0.05, 0.1) is 19.6 Å². The van der Waals surface area contributed by atoms with Crippen LogP contribution in [0.15, 0.2) is 48.9 Å². The summed E-state index contributed by atoms with van der Waals surface area (Å²) < 4.78 is 5.15. The van der Waals surface area contributed by atoms with Crippen molar-refractivity contribution in [1.82, 2.24) is 9.97 Å². The van der Waals surface area contributed by atoms with Gasteiger partial charge in [-0.2, -0.15) is 11.8 Å². The fourth-order valence-electron chi connectivity index (χ4n) is 2.14. The maximum Gasteiger partial charge on any atom is 0.206 e. The predicted octanol–water partition coefficient (Wildman–Crippen LogP) is 4.26. The van der Waals surface area contributed by atoms with Crippen molar-refractivity contribution in [3.63, 3.8) is 0 Å². The van der Waals surface area contributed by atoms with Gasteiger partial charge in [-0.05, 0) is 48.3 Å². The number of allylic oxidation sites excluding steroid dienone is 1. The number of hydrogen-bond acceptors (Lipinski definition) is 4. The number of nitrogens with one attached hydrogen (secondary N) is 1. The molecule has 1 N–H and O–H groups in total. The molecule has 0 radical (unpaired) electrons. The zero-order valence-electron chi connectivity index (χ0n) is 13.4. The molecule has 0 aliphatic rings. The molecule has 0 unspecified atom stereocenters. The Bertz CT molecular complexity index is 621. The van der Waals surface area contributed by atoms with Crippen LogP contribution in [0.4, 0.5) is 0 Å². The second-order valence-corrected chi connectivity index (χ2v) is 6.36. The number of rotatable bonds is 10. The van der Waals surface area contributed by atoms with Gasteiger partial charge in [0, 0.05) is 5.75 Å². The fourth-order valence-corrected chi connectivity index (χ4v) is 3.12. The first kappa shape index (κ1) is 17.3. The summed E-state index contributed by atoms with van der Waals surface area (Å²) in [5.74, 6) is 2.93. The number of nitrogens with zero attached hydrogens (tertiary/aromatic N) is 1. The summed E-state index contributed by atoms with van der Waals surface area (Å²) in [7, 11) is 1.68. The minimum Gasteiger partial charge on any atom is -0.497 e. The van der Waals surface area contributed by atoms with Crippen LogP contribution in [0.2, 0.25) is 0 Å². The van der Waals surface area contributed by atoms with Crippen molar-refractivity contribution in [1.29, 1.82) is 0 Å². The molecular formula is C18H22N2O2S. The standard InChI is InChI=1S/C18H22N2O2S/c1-14(18(21)17-11-19-13-20-17)5-3-4-10-23-12-15-6-8-16(22-2)9-7-15/h6-9,11,13H,1,3-5,10,12H2,2H3,(H,19,20). The molecule has 122 valence electrons. The summed E-state index contributed by atoms with van der Waals surface area (Å²) in [4.78, 5) is 18.7. The lowest BCUT2D eigenvalue weighted by Crippen LogP contribution is -2.03. The van der Waals surface area contributed by atoms with E-state index in [2.05, 4.69) is 28.7 Å². The summed E-state index contributed by atoms with van der Waals surface area (Å²) in [6.45, 7) is 3.88. The van der Waals surface area contributed by atoms with E-state index in [1.807, 2.05) is 23.9 Å². The zero-order valence-corrected chi connectivity index (χ0v) is 14.2. The normalized spacial score (nSPS) is 10.5. The Balaban J connectivity index is 1.58. The average molecular weight is 330 g/mol. The molecule has 2 rings (SSSR count). The highest BCUT2D eigenvalue weighted by atomic mass is 32.2. The van der Waals surface area contributed by atoms with Gasteiger partial charge in [0.2, 0.25) is 5.78 Å². The van der Waals surface area contributed by atoms with Crippen molar-refractivity contribution in [3.8, 4) is 5.75 Å². The molecule has 0 spiro atoms. The molecule has 0 saturated heterocycles. The molecule has 23 heavy (non-hydrogen) atoms.